The molecule has 3 heteroatoms. The molecule has 0 aromatic heterocycles. The molecule has 106 valence electrons. The summed E-state index contributed by atoms with van der Waals surface area (Å²) in [4.78, 5) is 11.9. The summed E-state index contributed by atoms with van der Waals surface area (Å²) in [6.45, 7) is 6.98. The highest BCUT2D eigenvalue weighted by Crippen LogP contribution is 2.20. The number of rotatable bonds is 7. The van der Waals surface area contributed by atoms with Crippen LogP contribution >= 0.6 is 0 Å². The lowest BCUT2D eigenvalue weighted by Crippen LogP contribution is -2.26. The molecular weight excluding hydrogens is 238 g/mol. The van der Waals surface area contributed by atoms with E-state index in [1.165, 1.54) is 5.56 Å². The van der Waals surface area contributed by atoms with Gasteiger partial charge < -0.3 is 10.4 Å². The van der Waals surface area contributed by atoms with E-state index in [4.69, 9.17) is 5.11 Å². The molecule has 0 saturated carbocycles. The molecule has 1 aromatic rings. The number of nitrogens with one attached hydrogen (secondary N) is 1. The van der Waals surface area contributed by atoms with Gasteiger partial charge in [-0.2, -0.15) is 0 Å². The first-order valence-corrected chi connectivity index (χ1v) is 6.96. The van der Waals surface area contributed by atoms with Crippen LogP contribution < -0.4 is 5.32 Å². The van der Waals surface area contributed by atoms with E-state index in [2.05, 4.69) is 12.2 Å². The van der Waals surface area contributed by atoms with Crippen LogP contribution in [0.15, 0.2) is 24.3 Å². The van der Waals surface area contributed by atoms with Crippen LogP contribution in [0.3, 0.4) is 0 Å². The van der Waals surface area contributed by atoms with E-state index in [1.807, 2.05) is 38.1 Å². The van der Waals surface area contributed by atoms with Gasteiger partial charge in [-0.1, -0.05) is 32.9 Å². The largest absolute Gasteiger partial charge is 0.396 e. The van der Waals surface area contributed by atoms with Gasteiger partial charge >= 0.3 is 0 Å². The number of carbonyl (C=O) groups is 1. The van der Waals surface area contributed by atoms with Crippen molar-refractivity contribution < 1.29 is 9.90 Å². The highest BCUT2D eigenvalue weighted by atomic mass is 16.3. The van der Waals surface area contributed by atoms with Crippen LogP contribution in [0.25, 0.3) is 0 Å². The maximum atomic E-state index is 11.9. The van der Waals surface area contributed by atoms with E-state index in [1.54, 1.807) is 0 Å². The van der Waals surface area contributed by atoms with Crippen LogP contribution in [0.4, 0.5) is 0 Å². The normalized spacial score (nSPS) is 11.4. The van der Waals surface area contributed by atoms with Gasteiger partial charge in [0.05, 0.1) is 0 Å². The SMILES string of the molecule is CCc1ccc(C(=O)NCCCC(C)(C)CO)cc1. The third-order valence-corrected chi connectivity index (χ3v) is 3.37. The first-order valence-electron chi connectivity index (χ1n) is 6.96. The Balaban J connectivity index is 2.35. The maximum Gasteiger partial charge on any atom is 0.251 e. The summed E-state index contributed by atoms with van der Waals surface area (Å²) >= 11 is 0. The molecule has 0 fully saturated rings. The minimum atomic E-state index is -0.0620. The lowest BCUT2D eigenvalue weighted by molar-refractivity contribution is 0.0948. The fourth-order valence-electron chi connectivity index (χ4n) is 1.84. The predicted molar refractivity (Wildman–Crippen MR) is 78.3 cm³/mol. The van der Waals surface area contributed by atoms with Crippen LogP contribution in [-0.4, -0.2) is 24.2 Å². The summed E-state index contributed by atoms with van der Waals surface area (Å²) in [6, 6.07) is 7.71. The van der Waals surface area contributed by atoms with E-state index in [-0.39, 0.29) is 17.9 Å². The zero-order valence-electron chi connectivity index (χ0n) is 12.2. The fourth-order valence-corrected chi connectivity index (χ4v) is 1.84. The summed E-state index contributed by atoms with van der Waals surface area (Å²) in [5, 5.41) is 12.1. The average Bonchev–Trinajstić information content (AvgIpc) is 2.43. The number of carbonyl (C=O) groups excluding carboxylic acids is 1. The first-order chi connectivity index (χ1) is 8.98. The molecule has 19 heavy (non-hydrogen) atoms. The molecule has 0 aliphatic carbocycles. The molecule has 0 radical (unpaired) electrons. The van der Waals surface area contributed by atoms with Crippen LogP contribution in [0.5, 0.6) is 0 Å². The van der Waals surface area contributed by atoms with Gasteiger partial charge in [-0.25, -0.2) is 0 Å². The van der Waals surface area contributed by atoms with Gasteiger partial charge in [0.25, 0.3) is 5.91 Å². The van der Waals surface area contributed by atoms with Gasteiger partial charge in [0.1, 0.15) is 0 Å². The monoisotopic (exact) mass is 263 g/mol. The summed E-state index contributed by atoms with van der Waals surface area (Å²) in [5.74, 6) is -0.0237. The lowest BCUT2D eigenvalue weighted by atomic mass is 9.89. The Morgan fingerprint density at radius 1 is 1.26 bits per heavy atom. The van der Waals surface area contributed by atoms with Gasteiger partial charge in [0.15, 0.2) is 0 Å². The molecule has 0 heterocycles. The Bertz CT molecular complexity index is 396. The van der Waals surface area contributed by atoms with Gasteiger partial charge in [0.2, 0.25) is 0 Å². The van der Waals surface area contributed by atoms with Gasteiger partial charge in [-0.05, 0) is 42.4 Å². The molecule has 0 spiro atoms. The molecule has 1 rings (SSSR count). The van der Waals surface area contributed by atoms with Crippen molar-refractivity contribution in [3.63, 3.8) is 0 Å². The topological polar surface area (TPSA) is 49.3 Å². The van der Waals surface area contributed by atoms with Crippen molar-refractivity contribution in [2.45, 2.75) is 40.0 Å². The Labute approximate surface area is 116 Å². The van der Waals surface area contributed by atoms with Crippen molar-refractivity contribution in [2.24, 2.45) is 5.41 Å². The molecule has 0 atom stereocenters. The Kier molecular flexibility index (Phi) is 6.03. The van der Waals surface area contributed by atoms with Crippen LogP contribution in [0, 0.1) is 5.41 Å². The second kappa shape index (κ2) is 7.29. The fraction of sp³-hybridized carbons (Fsp3) is 0.562. The molecule has 0 aliphatic heterocycles. The van der Waals surface area contributed by atoms with Crippen molar-refractivity contribution >= 4 is 5.91 Å². The molecule has 1 amide bonds. The molecule has 2 N–H and O–H groups in total. The quantitative estimate of drug-likeness (QED) is 0.743. The summed E-state index contributed by atoms with van der Waals surface area (Å²) in [6.07, 6.45) is 2.77. The van der Waals surface area contributed by atoms with Crippen molar-refractivity contribution in [3.8, 4) is 0 Å². The molecule has 0 saturated heterocycles. The van der Waals surface area contributed by atoms with Crippen molar-refractivity contribution in [2.75, 3.05) is 13.2 Å². The number of aliphatic hydroxyl groups excluding tert-OH is 1. The Morgan fingerprint density at radius 2 is 1.89 bits per heavy atom. The van der Waals surface area contributed by atoms with E-state index in [0.717, 1.165) is 19.3 Å². The second-order valence-corrected chi connectivity index (χ2v) is 5.73. The number of benzene rings is 1. The van der Waals surface area contributed by atoms with E-state index in [9.17, 15) is 4.79 Å². The second-order valence-electron chi connectivity index (χ2n) is 5.73. The standard InChI is InChI=1S/C16H25NO2/c1-4-13-6-8-14(9-7-13)15(19)17-11-5-10-16(2,3)12-18/h6-9,18H,4-5,10-12H2,1-3H3,(H,17,19). The predicted octanol–water partition coefficient (Wildman–Crippen LogP) is 2.78. The highest BCUT2D eigenvalue weighted by molar-refractivity contribution is 5.94. The van der Waals surface area contributed by atoms with E-state index in [0.29, 0.717) is 12.1 Å². The average molecular weight is 263 g/mol. The zero-order chi connectivity index (χ0) is 14.3. The van der Waals surface area contributed by atoms with E-state index < -0.39 is 0 Å². The minimum absolute atomic E-state index is 0.0237. The minimum Gasteiger partial charge on any atom is -0.396 e. The maximum absolute atomic E-state index is 11.9. The Hall–Kier alpha value is -1.35. The number of amides is 1. The molecular formula is C16H25NO2. The number of hydrogen-bond donors (Lipinski definition) is 2. The third kappa shape index (κ3) is 5.43. The zero-order valence-corrected chi connectivity index (χ0v) is 12.2. The molecule has 0 bridgehead atoms. The summed E-state index contributed by atoms with van der Waals surface area (Å²) in [5.41, 5.74) is 1.88. The molecule has 0 unspecified atom stereocenters. The van der Waals surface area contributed by atoms with Gasteiger partial charge in [-0.3, -0.25) is 4.79 Å². The Morgan fingerprint density at radius 3 is 2.42 bits per heavy atom. The number of hydrogen-bond acceptors (Lipinski definition) is 2. The van der Waals surface area contributed by atoms with Gasteiger partial charge in [0, 0.05) is 18.7 Å². The number of aliphatic hydroxyl groups is 1. The molecule has 0 aliphatic rings. The lowest BCUT2D eigenvalue weighted by Gasteiger charge is -2.21. The number of aryl methyl sites for hydroxylation is 1. The summed E-state index contributed by atoms with van der Waals surface area (Å²) < 4.78 is 0. The van der Waals surface area contributed by atoms with Crippen LogP contribution in [0.1, 0.15) is 49.5 Å². The van der Waals surface area contributed by atoms with Crippen molar-refractivity contribution in [1.29, 1.82) is 0 Å². The highest BCUT2D eigenvalue weighted by Gasteiger charge is 2.15. The van der Waals surface area contributed by atoms with Crippen molar-refractivity contribution in [1.82, 2.24) is 5.32 Å². The van der Waals surface area contributed by atoms with E-state index >= 15 is 0 Å². The molecule has 1 aromatic carbocycles. The summed E-state index contributed by atoms with van der Waals surface area (Å²) in [7, 11) is 0. The first kappa shape index (κ1) is 15.7. The van der Waals surface area contributed by atoms with Crippen LogP contribution in [-0.2, 0) is 6.42 Å². The smallest absolute Gasteiger partial charge is 0.251 e. The third-order valence-electron chi connectivity index (χ3n) is 3.37. The van der Waals surface area contributed by atoms with Gasteiger partial charge in [-0.15, -0.1) is 0 Å². The van der Waals surface area contributed by atoms with Crippen molar-refractivity contribution in [3.05, 3.63) is 35.4 Å². The van der Waals surface area contributed by atoms with Crippen LogP contribution in [0.2, 0.25) is 0 Å². The molecule has 3 nitrogen and oxygen atoms in total.